The molecule has 2 aromatic rings. The van der Waals surface area contributed by atoms with E-state index in [4.69, 9.17) is 11.6 Å². The number of fused-ring (bicyclic) bond motifs is 3. The lowest BCUT2D eigenvalue weighted by Gasteiger charge is -2.14. The van der Waals surface area contributed by atoms with Gasteiger partial charge in [-0.25, -0.2) is 0 Å². The van der Waals surface area contributed by atoms with Gasteiger partial charge in [-0.05, 0) is 30.2 Å². The van der Waals surface area contributed by atoms with Crippen LogP contribution in [-0.4, -0.2) is 22.9 Å². The summed E-state index contributed by atoms with van der Waals surface area (Å²) in [5.74, 6) is -0.362. The summed E-state index contributed by atoms with van der Waals surface area (Å²) in [6.45, 7) is 2.05. The highest BCUT2D eigenvalue weighted by Crippen LogP contribution is 2.30. The largest absolute Gasteiger partial charge is 0.350 e. The van der Waals surface area contributed by atoms with Crippen molar-refractivity contribution in [3.8, 4) is 0 Å². The Morgan fingerprint density at radius 2 is 2.22 bits per heavy atom. The van der Waals surface area contributed by atoms with E-state index in [-0.39, 0.29) is 11.8 Å². The minimum atomic E-state index is -0.196. The van der Waals surface area contributed by atoms with Gasteiger partial charge in [0.15, 0.2) is 0 Å². The van der Waals surface area contributed by atoms with Crippen LogP contribution in [0.25, 0.3) is 10.9 Å². The second kappa shape index (κ2) is 3.85. The lowest BCUT2D eigenvalue weighted by atomic mass is 10.0. The predicted molar refractivity (Wildman–Crippen MR) is 69.3 cm³/mol. The predicted octanol–water partition coefficient (Wildman–Crippen LogP) is 2.24. The van der Waals surface area contributed by atoms with E-state index in [0.717, 1.165) is 22.9 Å². The minimum Gasteiger partial charge on any atom is -0.350 e. The SMILES string of the molecule is CC(=O)n1c2c(c3cc(Cl)ccc31)CCNC2=O. The first kappa shape index (κ1) is 11.3. The highest BCUT2D eigenvalue weighted by molar-refractivity contribution is 6.31. The van der Waals surface area contributed by atoms with Gasteiger partial charge in [0.1, 0.15) is 5.69 Å². The number of benzene rings is 1. The minimum absolute atomic E-state index is 0.166. The molecule has 1 aliphatic rings. The van der Waals surface area contributed by atoms with E-state index < -0.39 is 0 Å². The van der Waals surface area contributed by atoms with Crippen LogP contribution in [0.2, 0.25) is 5.02 Å². The van der Waals surface area contributed by atoms with Gasteiger partial charge in [0.2, 0.25) is 5.91 Å². The lowest BCUT2D eigenvalue weighted by molar-refractivity contribution is 0.0886. The third kappa shape index (κ3) is 1.46. The number of hydrogen-bond donors (Lipinski definition) is 1. The van der Waals surface area contributed by atoms with E-state index in [0.29, 0.717) is 17.3 Å². The van der Waals surface area contributed by atoms with Crippen molar-refractivity contribution in [2.24, 2.45) is 0 Å². The Morgan fingerprint density at radius 1 is 1.44 bits per heavy atom. The molecule has 0 aliphatic carbocycles. The van der Waals surface area contributed by atoms with Gasteiger partial charge in [0.05, 0.1) is 5.52 Å². The number of carbonyl (C=O) groups is 2. The molecule has 18 heavy (non-hydrogen) atoms. The lowest BCUT2D eigenvalue weighted by Crippen LogP contribution is -2.34. The Bertz CT molecular complexity index is 688. The van der Waals surface area contributed by atoms with Crippen molar-refractivity contribution in [2.75, 3.05) is 6.54 Å². The first-order valence-electron chi connectivity index (χ1n) is 5.71. The van der Waals surface area contributed by atoms with Gasteiger partial charge < -0.3 is 5.32 Å². The van der Waals surface area contributed by atoms with E-state index in [9.17, 15) is 9.59 Å². The number of aromatic nitrogens is 1. The van der Waals surface area contributed by atoms with Gasteiger partial charge >= 0.3 is 0 Å². The van der Waals surface area contributed by atoms with Crippen molar-refractivity contribution in [2.45, 2.75) is 13.3 Å². The van der Waals surface area contributed by atoms with Gasteiger partial charge in [0, 0.05) is 23.9 Å². The molecule has 1 aromatic heterocycles. The number of rotatable bonds is 0. The molecule has 2 heterocycles. The third-order valence-electron chi connectivity index (χ3n) is 3.22. The van der Waals surface area contributed by atoms with Crippen molar-refractivity contribution >= 4 is 34.3 Å². The third-order valence-corrected chi connectivity index (χ3v) is 3.46. The zero-order chi connectivity index (χ0) is 12.9. The van der Waals surface area contributed by atoms with Crippen LogP contribution in [-0.2, 0) is 6.42 Å². The van der Waals surface area contributed by atoms with Crippen LogP contribution in [0, 0.1) is 0 Å². The van der Waals surface area contributed by atoms with Crippen LogP contribution in [0.3, 0.4) is 0 Å². The topological polar surface area (TPSA) is 51.1 Å². The Morgan fingerprint density at radius 3 is 2.94 bits per heavy atom. The van der Waals surface area contributed by atoms with E-state index in [1.54, 1.807) is 12.1 Å². The molecule has 0 radical (unpaired) electrons. The number of halogens is 1. The second-order valence-electron chi connectivity index (χ2n) is 4.35. The molecule has 92 valence electrons. The molecular formula is C13H11ClN2O2. The molecule has 1 aromatic carbocycles. The summed E-state index contributed by atoms with van der Waals surface area (Å²) in [4.78, 5) is 23.7. The fourth-order valence-electron chi connectivity index (χ4n) is 2.53. The molecule has 0 saturated heterocycles. The van der Waals surface area contributed by atoms with Gasteiger partial charge in [-0.15, -0.1) is 0 Å². The quantitative estimate of drug-likeness (QED) is 0.792. The van der Waals surface area contributed by atoms with Gasteiger partial charge in [-0.1, -0.05) is 11.6 Å². The maximum atomic E-state index is 11.9. The number of hydrogen-bond acceptors (Lipinski definition) is 2. The monoisotopic (exact) mass is 262 g/mol. The van der Waals surface area contributed by atoms with Crippen LogP contribution in [0.1, 0.15) is 27.8 Å². The summed E-state index contributed by atoms with van der Waals surface area (Å²) in [6.07, 6.45) is 0.720. The zero-order valence-electron chi connectivity index (χ0n) is 9.79. The maximum Gasteiger partial charge on any atom is 0.268 e. The molecule has 4 nitrogen and oxygen atoms in total. The smallest absolute Gasteiger partial charge is 0.268 e. The van der Waals surface area contributed by atoms with Gasteiger partial charge in [0.25, 0.3) is 5.91 Å². The van der Waals surface area contributed by atoms with Crippen LogP contribution in [0.15, 0.2) is 18.2 Å². The molecule has 1 N–H and O–H groups in total. The molecule has 1 aliphatic heterocycles. The van der Waals surface area contributed by atoms with Crippen LogP contribution < -0.4 is 5.32 Å². The summed E-state index contributed by atoms with van der Waals surface area (Å²) in [5.41, 5.74) is 2.10. The van der Waals surface area contributed by atoms with E-state index >= 15 is 0 Å². The maximum absolute atomic E-state index is 11.9. The molecular weight excluding hydrogens is 252 g/mol. The fraction of sp³-hybridized carbons (Fsp3) is 0.231. The molecule has 0 saturated carbocycles. The summed E-state index contributed by atoms with van der Waals surface area (Å²) in [6, 6.07) is 5.32. The molecule has 3 rings (SSSR count). The van der Waals surface area contributed by atoms with Crippen molar-refractivity contribution in [3.05, 3.63) is 34.5 Å². The number of nitrogens with zero attached hydrogens (tertiary/aromatic N) is 1. The van der Waals surface area contributed by atoms with Gasteiger partial charge in [-0.2, -0.15) is 0 Å². The molecule has 5 heteroatoms. The van der Waals surface area contributed by atoms with E-state index in [1.807, 2.05) is 6.07 Å². The zero-order valence-corrected chi connectivity index (χ0v) is 10.5. The summed E-state index contributed by atoms with van der Waals surface area (Å²) in [7, 11) is 0. The van der Waals surface area contributed by atoms with E-state index in [2.05, 4.69) is 5.32 Å². The van der Waals surface area contributed by atoms with Crippen LogP contribution in [0.4, 0.5) is 0 Å². The molecule has 0 bridgehead atoms. The standard InChI is InChI=1S/C13H11ClN2O2/c1-7(17)16-11-3-2-8(14)6-10(11)9-4-5-15-13(18)12(9)16/h2-3,6H,4-5H2,1H3,(H,15,18). The number of amides is 1. The van der Waals surface area contributed by atoms with E-state index in [1.165, 1.54) is 11.5 Å². The average Bonchev–Trinajstić information content (AvgIpc) is 2.65. The van der Waals surface area contributed by atoms with Crippen molar-refractivity contribution < 1.29 is 9.59 Å². The first-order chi connectivity index (χ1) is 8.59. The number of carbonyl (C=O) groups excluding carboxylic acids is 2. The normalized spacial score (nSPS) is 14.4. The molecule has 0 unspecified atom stereocenters. The van der Waals surface area contributed by atoms with Crippen molar-refractivity contribution in [1.82, 2.24) is 9.88 Å². The van der Waals surface area contributed by atoms with Crippen molar-refractivity contribution in [1.29, 1.82) is 0 Å². The summed E-state index contributed by atoms with van der Waals surface area (Å²) < 4.78 is 1.47. The summed E-state index contributed by atoms with van der Waals surface area (Å²) in [5, 5.41) is 4.26. The highest BCUT2D eigenvalue weighted by Gasteiger charge is 2.27. The molecule has 0 spiro atoms. The van der Waals surface area contributed by atoms with Crippen molar-refractivity contribution in [3.63, 3.8) is 0 Å². The van der Waals surface area contributed by atoms with Crippen LogP contribution >= 0.6 is 11.6 Å². The second-order valence-corrected chi connectivity index (χ2v) is 4.79. The molecule has 1 amide bonds. The highest BCUT2D eigenvalue weighted by atomic mass is 35.5. The van der Waals surface area contributed by atoms with Crippen LogP contribution in [0.5, 0.6) is 0 Å². The molecule has 0 fully saturated rings. The number of nitrogens with one attached hydrogen (secondary N) is 1. The Kier molecular flexibility index (Phi) is 2.41. The Labute approximate surface area is 109 Å². The fourth-order valence-corrected chi connectivity index (χ4v) is 2.70. The molecule has 0 atom stereocenters. The average molecular weight is 263 g/mol. The Balaban J connectivity index is 2.47. The summed E-state index contributed by atoms with van der Waals surface area (Å²) >= 11 is 5.99. The van der Waals surface area contributed by atoms with Gasteiger partial charge in [-0.3, -0.25) is 14.2 Å². The Hall–Kier alpha value is -1.81. The first-order valence-corrected chi connectivity index (χ1v) is 6.09.